The maximum Gasteiger partial charge on any atom is 0.368 e. The molecule has 0 bridgehead atoms. The van der Waals surface area contributed by atoms with Crippen molar-refractivity contribution in [3.8, 4) is 5.75 Å². The number of benzene rings is 1. The second-order valence-corrected chi connectivity index (χ2v) is 6.73. The molecule has 2 aromatic rings. The summed E-state index contributed by atoms with van der Waals surface area (Å²) in [7, 11) is 1.58. The summed E-state index contributed by atoms with van der Waals surface area (Å²) in [6.07, 6.45) is 3.99. The minimum Gasteiger partial charge on any atom is -0.497 e. The smallest absolute Gasteiger partial charge is 0.368 e. The van der Waals surface area contributed by atoms with Gasteiger partial charge >= 0.3 is 11.9 Å². The molecule has 31 heavy (non-hydrogen) atoms. The Morgan fingerprint density at radius 3 is 2.65 bits per heavy atom. The van der Waals surface area contributed by atoms with Gasteiger partial charge in [-0.15, -0.1) is 0 Å². The highest BCUT2D eigenvalue weighted by molar-refractivity contribution is 6.31. The fourth-order valence-corrected chi connectivity index (χ4v) is 3.25. The maximum atomic E-state index is 12.6. The van der Waals surface area contributed by atoms with Crippen LogP contribution in [0.5, 0.6) is 5.75 Å². The molecular weight excluding hydrogens is 400 g/mol. The molecule has 0 spiro atoms. The van der Waals surface area contributed by atoms with Gasteiger partial charge in [0, 0.05) is 24.1 Å². The summed E-state index contributed by atoms with van der Waals surface area (Å²) in [6.45, 7) is 4.90. The van der Waals surface area contributed by atoms with Gasteiger partial charge < -0.3 is 23.6 Å². The minimum atomic E-state index is -0.550. The molecule has 0 aliphatic carbocycles. The van der Waals surface area contributed by atoms with Crippen LogP contribution in [0.25, 0.3) is 6.08 Å². The van der Waals surface area contributed by atoms with Gasteiger partial charge in [0.05, 0.1) is 19.3 Å². The Hall–Kier alpha value is -3.39. The third kappa shape index (κ3) is 5.21. The van der Waals surface area contributed by atoms with Crippen LogP contribution in [0.15, 0.2) is 53.3 Å². The van der Waals surface area contributed by atoms with E-state index in [4.69, 9.17) is 19.0 Å². The molecule has 1 aromatic carbocycles. The summed E-state index contributed by atoms with van der Waals surface area (Å²) < 4.78 is 17.5. The second-order valence-electron chi connectivity index (χ2n) is 6.73. The van der Waals surface area contributed by atoms with E-state index in [0.717, 1.165) is 5.56 Å². The SMILES string of the molecule is CCOCCOC(=O)C(CC)n1cccc1C=C1C(=O)ON=C1c1ccc(OC)cc1. The number of hydrogen-bond acceptors (Lipinski definition) is 7. The summed E-state index contributed by atoms with van der Waals surface area (Å²) in [4.78, 5) is 29.9. The number of rotatable bonds is 10. The molecule has 164 valence electrons. The van der Waals surface area contributed by atoms with E-state index < -0.39 is 12.0 Å². The predicted octanol–water partition coefficient (Wildman–Crippen LogP) is 3.37. The van der Waals surface area contributed by atoms with Crippen molar-refractivity contribution >= 4 is 23.7 Å². The average Bonchev–Trinajstić information content (AvgIpc) is 3.39. The Bertz CT molecular complexity index is 974. The fraction of sp³-hybridized carbons (Fsp3) is 0.348. The number of carbonyl (C=O) groups is 2. The van der Waals surface area contributed by atoms with Gasteiger partial charge in [-0.05, 0) is 55.8 Å². The summed E-state index contributed by atoms with van der Waals surface area (Å²) in [5.41, 5.74) is 2.12. The first-order chi connectivity index (χ1) is 15.1. The zero-order valence-corrected chi connectivity index (χ0v) is 17.9. The first-order valence-electron chi connectivity index (χ1n) is 10.2. The number of oxime groups is 1. The van der Waals surface area contributed by atoms with Gasteiger partial charge in [-0.1, -0.05) is 12.1 Å². The van der Waals surface area contributed by atoms with E-state index in [0.29, 0.717) is 42.4 Å². The van der Waals surface area contributed by atoms with E-state index in [2.05, 4.69) is 5.16 Å². The number of ether oxygens (including phenoxy) is 3. The monoisotopic (exact) mass is 426 g/mol. The van der Waals surface area contributed by atoms with Crippen LogP contribution in [0, 0.1) is 0 Å². The van der Waals surface area contributed by atoms with Crippen LogP contribution in [0.3, 0.4) is 0 Å². The quantitative estimate of drug-likeness (QED) is 0.251. The lowest BCUT2D eigenvalue weighted by atomic mass is 10.0. The third-order valence-corrected chi connectivity index (χ3v) is 4.83. The summed E-state index contributed by atoms with van der Waals surface area (Å²) in [5.74, 6) is -0.204. The van der Waals surface area contributed by atoms with Crippen LogP contribution in [0.4, 0.5) is 0 Å². The largest absolute Gasteiger partial charge is 0.497 e. The van der Waals surface area contributed by atoms with Crippen LogP contribution >= 0.6 is 0 Å². The lowest BCUT2D eigenvalue weighted by Gasteiger charge is -2.18. The number of nitrogens with zero attached hydrogens (tertiary/aromatic N) is 2. The number of methoxy groups -OCH3 is 1. The van der Waals surface area contributed by atoms with Gasteiger partial charge in [0.15, 0.2) is 0 Å². The molecule has 1 aliphatic heterocycles. The van der Waals surface area contributed by atoms with Gasteiger partial charge in [0.25, 0.3) is 0 Å². The molecule has 1 aromatic heterocycles. The molecule has 0 amide bonds. The van der Waals surface area contributed by atoms with Crippen molar-refractivity contribution in [2.24, 2.45) is 5.16 Å². The molecular formula is C23H26N2O6. The molecule has 0 saturated carbocycles. The Morgan fingerprint density at radius 1 is 1.19 bits per heavy atom. The lowest BCUT2D eigenvalue weighted by Crippen LogP contribution is -2.23. The van der Waals surface area contributed by atoms with E-state index in [-0.39, 0.29) is 12.6 Å². The molecule has 0 N–H and O–H groups in total. The van der Waals surface area contributed by atoms with E-state index in [9.17, 15) is 9.59 Å². The standard InChI is InChI=1S/C23H26N2O6/c1-4-20(23(27)30-14-13-29-5-2)25-12-6-7-17(25)15-19-21(24-31-22(19)26)16-8-10-18(28-3)11-9-16/h6-12,15,20H,4-5,13-14H2,1-3H3. The van der Waals surface area contributed by atoms with Crippen molar-refractivity contribution in [2.45, 2.75) is 26.3 Å². The molecule has 1 aliphatic rings. The van der Waals surface area contributed by atoms with Crippen molar-refractivity contribution in [3.63, 3.8) is 0 Å². The highest BCUT2D eigenvalue weighted by Crippen LogP contribution is 2.25. The number of hydrogen-bond donors (Lipinski definition) is 0. The molecule has 0 saturated heterocycles. The molecule has 1 unspecified atom stereocenters. The number of carbonyl (C=O) groups excluding carboxylic acids is 2. The molecule has 0 fully saturated rings. The second kappa shape index (κ2) is 10.6. The van der Waals surface area contributed by atoms with E-state index in [1.165, 1.54) is 0 Å². The van der Waals surface area contributed by atoms with Gasteiger partial charge in [0.2, 0.25) is 0 Å². The Labute approximate surface area is 181 Å². The molecule has 3 rings (SSSR count). The van der Waals surface area contributed by atoms with Gasteiger partial charge in [-0.25, -0.2) is 9.59 Å². The molecule has 2 heterocycles. The lowest BCUT2D eigenvalue weighted by molar-refractivity contribution is -0.149. The van der Waals surface area contributed by atoms with Crippen molar-refractivity contribution < 1.29 is 28.6 Å². The zero-order chi connectivity index (χ0) is 22.2. The first kappa shape index (κ1) is 22.3. The normalized spacial score (nSPS) is 15.5. The third-order valence-electron chi connectivity index (χ3n) is 4.83. The number of aromatic nitrogens is 1. The molecule has 8 nitrogen and oxygen atoms in total. The van der Waals surface area contributed by atoms with Crippen LogP contribution in [-0.2, 0) is 23.9 Å². The average molecular weight is 426 g/mol. The van der Waals surface area contributed by atoms with Gasteiger partial charge in [0.1, 0.15) is 24.1 Å². The Morgan fingerprint density at radius 2 is 1.97 bits per heavy atom. The highest BCUT2D eigenvalue weighted by atomic mass is 16.7. The van der Waals surface area contributed by atoms with Gasteiger partial charge in [-0.3, -0.25) is 0 Å². The maximum absolute atomic E-state index is 12.6. The van der Waals surface area contributed by atoms with Crippen molar-refractivity contribution in [1.82, 2.24) is 4.57 Å². The summed E-state index contributed by atoms with van der Waals surface area (Å²) in [6, 6.07) is 10.3. The van der Waals surface area contributed by atoms with E-state index in [1.54, 1.807) is 48.2 Å². The minimum absolute atomic E-state index is 0.196. The topological polar surface area (TPSA) is 88.4 Å². The molecule has 8 heteroatoms. The van der Waals surface area contributed by atoms with Crippen LogP contribution in [0.2, 0.25) is 0 Å². The highest BCUT2D eigenvalue weighted by Gasteiger charge is 2.28. The predicted molar refractivity (Wildman–Crippen MR) is 115 cm³/mol. The van der Waals surface area contributed by atoms with Crippen LogP contribution < -0.4 is 4.74 Å². The van der Waals surface area contributed by atoms with E-state index in [1.807, 2.05) is 26.0 Å². The van der Waals surface area contributed by atoms with Crippen molar-refractivity contribution in [3.05, 3.63) is 59.4 Å². The Balaban J connectivity index is 1.84. The fourth-order valence-electron chi connectivity index (χ4n) is 3.25. The Kier molecular flexibility index (Phi) is 7.61. The summed E-state index contributed by atoms with van der Waals surface area (Å²) in [5, 5.41) is 3.94. The summed E-state index contributed by atoms with van der Waals surface area (Å²) >= 11 is 0. The van der Waals surface area contributed by atoms with Crippen molar-refractivity contribution in [2.75, 3.05) is 26.9 Å². The van der Waals surface area contributed by atoms with Crippen LogP contribution in [0.1, 0.15) is 37.6 Å². The van der Waals surface area contributed by atoms with E-state index >= 15 is 0 Å². The van der Waals surface area contributed by atoms with Gasteiger partial charge in [-0.2, -0.15) is 0 Å². The van der Waals surface area contributed by atoms with Crippen LogP contribution in [-0.4, -0.2) is 49.1 Å². The first-order valence-corrected chi connectivity index (χ1v) is 10.2. The molecule has 0 radical (unpaired) electrons. The number of esters is 1. The zero-order valence-electron chi connectivity index (χ0n) is 17.9. The van der Waals surface area contributed by atoms with Crippen molar-refractivity contribution in [1.29, 1.82) is 0 Å². The molecule has 1 atom stereocenters.